The molecule has 0 radical (unpaired) electrons. The molecule has 0 bridgehead atoms. The summed E-state index contributed by atoms with van der Waals surface area (Å²) in [6, 6.07) is 21.4. The molecule has 23 heavy (non-hydrogen) atoms. The molecule has 0 atom stereocenters. The van der Waals surface area contributed by atoms with Crippen molar-refractivity contribution in [1.29, 1.82) is 0 Å². The van der Waals surface area contributed by atoms with Crippen molar-refractivity contribution >= 4 is 22.9 Å². The largest absolute Gasteiger partial charge is 0.454 e. The minimum atomic E-state index is 0.666. The standard InChI is InChI=1S/C18H11ClN2OS/c19-14-9-5-4-8-13(14)17-20-21-18(23-17)16-11-10-15(22-16)12-6-2-1-3-7-12/h1-11H. The van der Waals surface area contributed by atoms with Crippen LogP contribution in [-0.4, -0.2) is 10.2 Å². The summed E-state index contributed by atoms with van der Waals surface area (Å²) in [4.78, 5) is 0. The maximum atomic E-state index is 6.21. The number of nitrogens with zero attached hydrogens (tertiary/aromatic N) is 2. The lowest BCUT2D eigenvalue weighted by Gasteiger charge is -1.97. The van der Waals surface area contributed by atoms with Crippen molar-refractivity contribution in [3.05, 3.63) is 71.8 Å². The Balaban J connectivity index is 1.68. The van der Waals surface area contributed by atoms with Gasteiger partial charge in [0.2, 0.25) is 0 Å². The Morgan fingerprint density at radius 1 is 0.739 bits per heavy atom. The smallest absolute Gasteiger partial charge is 0.183 e. The van der Waals surface area contributed by atoms with E-state index in [0.717, 1.165) is 26.9 Å². The molecule has 2 aromatic carbocycles. The van der Waals surface area contributed by atoms with E-state index in [9.17, 15) is 0 Å². The Bertz CT molecular complexity index is 946. The SMILES string of the molecule is Clc1ccccc1-c1nnc(-c2ccc(-c3ccccc3)o2)s1. The van der Waals surface area contributed by atoms with Gasteiger partial charge in [-0.25, -0.2) is 0 Å². The van der Waals surface area contributed by atoms with Gasteiger partial charge < -0.3 is 4.42 Å². The van der Waals surface area contributed by atoms with Gasteiger partial charge in [-0.1, -0.05) is 71.5 Å². The van der Waals surface area contributed by atoms with Crippen LogP contribution in [0.25, 0.3) is 32.7 Å². The van der Waals surface area contributed by atoms with Crippen molar-refractivity contribution in [3.8, 4) is 32.7 Å². The molecule has 0 unspecified atom stereocenters. The molecule has 0 aliphatic carbocycles. The molecule has 3 nitrogen and oxygen atoms in total. The first-order chi connectivity index (χ1) is 11.3. The van der Waals surface area contributed by atoms with Gasteiger partial charge >= 0.3 is 0 Å². The van der Waals surface area contributed by atoms with E-state index in [1.165, 1.54) is 11.3 Å². The highest BCUT2D eigenvalue weighted by Gasteiger charge is 2.14. The molecular weight excluding hydrogens is 328 g/mol. The maximum absolute atomic E-state index is 6.21. The van der Waals surface area contributed by atoms with Gasteiger partial charge in [0, 0.05) is 11.1 Å². The Morgan fingerprint density at radius 3 is 2.26 bits per heavy atom. The van der Waals surface area contributed by atoms with Gasteiger partial charge in [0.05, 0.1) is 5.02 Å². The summed E-state index contributed by atoms with van der Waals surface area (Å²) in [6.45, 7) is 0. The monoisotopic (exact) mass is 338 g/mol. The predicted molar refractivity (Wildman–Crippen MR) is 93.5 cm³/mol. The topological polar surface area (TPSA) is 38.9 Å². The molecule has 0 saturated heterocycles. The predicted octanol–water partition coefficient (Wildman–Crippen LogP) is 5.79. The molecule has 0 spiro atoms. The first-order valence-electron chi connectivity index (χ1n) is 7.05. The molecule has 0 aliphatic heterocycles. The molecule has 112 valence electrons. The van der Waals surface area contributed by atoms with E-state index in [-0.39, 0.29) is 0 Å². The van der Waals surface area contributed by atoms with Crippen LogP contribution in [0.5, 0.6) is 0 Å². The zero-order valence-corrected chi connectivity index (χ0v) is 13.5. The Labute approximate surface area is 142 Å². The summed E-state index contributed by atoms with van der Waals surface area (Å²) in [5.41, 5.74) is 1.92. The first kappa shape index (κ1) is 14.2. The minimum absolute atomic E-state index is 0.666. The van der Waals surface area contributed by atoms with E-state index in [0.29, 0.717) is 10.8 Å². The maximum Gasteiger partial charge on any atom is 0.183 e. The Morgan fingerprint density at radius 2 is 1.43 bits per heavy atom. The summed E-state index contributed by atoms with van der Waals surface area (Å²) >= 11 is 7.67. The van der Waals surface area contributed by atoms with Crippen LogP contribution in [0.2, 0.25) is 5.02 Å². The molecule has 0 aliphatic rings. The summed E-state index contributed by atoms with van der Waals surface area (Å²) in [5.74, 6) is 1.52. The van der Waals surface area contributed by atoms with E-state index in [4.69, 9.17) is 16.0 Å². The molecule has 0 fully saturated rings. The van der Waals surface area contributed by atoms with Gasteiger partial charge in [-0.05, 0) is 18.2 Å². The van der Waals surface area contributed by atoms with Crippen molar-refractivity contribution in [2.45, 2.75) is 0 Å². The first-order valence-corrected chi connectivity index (χ1v) is 8.25. The molecule has 2 aromatic heterocycles. The number of halogens is 1. The molecule has 4 rings (SSSR count). The summed E-state index contributed by atoms with van der Waals surface area (Å²) in [5, 5.41) is 10.6. The highest BCUT2D eigenvalue weighted by molar-refractivity contribution is 7.17. The Hall–Kier alpha value is -2.43. The van der Waals surface area contributed by atoms with Crippen LogP contribution in [0.4, 0.5) is 0 Å². The second kappa shape index (κ2) is 5.99. The van der Waals surface area contributed by atoms with Crippen molar-refractivity contribution in [3.63, 3.8) is 0 Å². The number of rotatable bonds is 3. The van der Waals surface area contributed by atoms with Gasteiger partial charge in [-0.2, -0.15) is 0 Å². The summed E-state index contributed by atoms with van der Waals surface area (Å²) < 4.78 is 5.91. The van der Waals surface area contributed by atoms with E-state index in [1.54, 1.807) is 0 Å². The Kier molecular flexibility index (Phi) is 3.69. The fourth-order valence-electron chi connectivity index (χ4n) is 2.28. The minimum Gasteiger partial charge on any atom is -0.454 e. The second-order valence-corrected chi connectivity index (χ2v) is 6.31. The van der Waals surface area contributed by atoms with Crippen LogP contribution < -0.4 is 0 Å². The van der Waals surface area contributed by atoms with Gasteiger partial charge in [0.25, 0.3) is 0 Å². The third-order valence-electron chi connectivity index (χ3n) is 3.40. The number of hydrogen-bond acceptors (Lipinski definition) is 4. The number of benzene rings is 2. The van der Waals surface area contributed by atoms with Crippen molar-refractivity contribution < 1.29 is 4.42 Å². The van der Waals surface area contributed by atoms with Gasteiger partial charge in [0.1, 0.15) is 10.8 Å². The van der Waals surface area contributed by atoms with Crippen LogP contribution in [0.15, 0.2) is 71.1 Å². The number of aromatic nitrogens is 2. The van der Waals surface area contributed by atoms with Crippen molar-refractivity contribution in [2.24, 2.45) is 0 Å². The summed E-state index contributed by atoms with van der Waals surface area (Å²) in [7, 11) is 0. The fraction of sp³-hybridized carbons (Fsp3) is 0. The van der Waals surface area contributed by atoms with Crippen LogP contribution in [0.1, 0.15) is 0 Å². The lowest BCUT2D eigenvalue weighted by atomic mass is 10.2. The van der Waals surface area contributed by atoms with Crippen LogP contribution in [-0.2, 0) is 0 Å². The van der Waals surface area contributed by atoms with Crippen LogP contribution in [0.3, 0.4) is 0 Å². The molecule has 2 heterocycles. The molecule has 0 saturated carbocycles. The lowest BCUT2D eigenvalue weighted by molar-refractivity contribution is 0.596. The second-order valence-electron chi connectivity index (χ2n) is 4.92. The van der Waals surface area contributed by atoms with Crippen LogP contribution >= 0.6 is 22.9 Å². The van der Waals surface area contributed by atoms with Gasteiger partial charge in [-0.15, -0.1) is 10.2 Å². The molecule has 0 amide bonds. The number of hydrogen-bond donors (Lipinski definition) is 0. The van der Waals surface area contributed by atoms with Gasteiger partial charge in [0.15, 0.2) is 10.8 Å². The quantitative estimate of drug-likeness (QED) is 0.475. The van der Waals surface area contributed by atoms with Crippen molar-refractivity contribution in [2.75, 3.05) is 0 Å². The zero-order valence-electron chi connectivity index (χ0n) is 11.9. The van der Waals surface area contributed by atoms with E-state index < -0.39 is 0 Å². The van der Waals surface area contributed by atoms with Crippen molar-refractivity contribution in [1.82, 2.24) is 10.2 Å². The third kappa shape index (κ3) is 2.79. The van der Waals surface area contributed by atoms with Gasteiger partial charge in [-0.3, -0.25) is 0 Å². The highest BCUT2D eigenvalue weighted by Crippen LogP contribution is 2.35. The zero-order chi connectivity index (χ0) is 15.6. The van der Waals surface area contributed by atoms with E-state index >= 15 is 0 Å². The highest BCUT2D eigenvalue weighted by atomic mass is 35.5. The van der Waals surface area contributed by atoms with Crippen LogP contribution in [0, 0.1) is 0 Å². The fourth-order valence-corrected chi connectivity index (χ4v) is 3.40. The summed E-state index contributed by atoms with van der Waals surface area (Å²) in [6.07, 6.45) is 0. The normalized spacial score (nSPS) is 10.8. The average Bonchev–Trinajstić information content (AvgIpc) is 3.25. The van der Waals surface area contributed by atoms with E-state index in [2.05, 4.69) is 10.2 Å². The molecule has 0 N–H and O–H groups in total. The molecular formula is C18H11ClN2OS. The molecule has 5 heteroatoms. The van der Waals surface area contributed by atoms with E-state index in [1.807, 2.05) is 66.7 Å². The third-order valence-corrected chi connectivity index (χ3v) is 4.71. The number of furan rings is 1. The average molecular weight is 339 g/mol. The lowest BCUT2D eigenvalue weighted by Crippen LogP contribution is -1.77. The molecule has 4 aromatic rings.